The first kappa shape index (κ1) is 51.1. The van der Waals surface area contributed by atoms with Crippen molar-refractivity contribution in [3.05, 3.63) is 314 Å². The molecule has 2 aromatic heterocycles. The maximum absolute atomic E-state index is 5.71. The van der Waals surface area contributed by atoms with E-state index < -0.39 is 0 Å². The van der Waals surface area contributed by atoms with E-state index >= 15 is 0 Å². The van der Waals surface area contributed by atoms with Gasteiger partial charge in [0.1, 0.15) is 0 Å². The molecule has 0 fully saturated rings. The number of hydrogen-bond acceptors (Lipinski definition) is 3. The fourth-order valence-corrected chi connectivity index (χ4v) is 14.2. The molecule has 0 bridgehead atoms. The fourth-order valence-electron chi connectivity index (χ4n) is 14.2. The molecule has 1 aliphatic rings. The third kappa shape index (κ3) is 8.40. The van der Waals surface area contributed by atoms with E-state index in [0.717, 1.165) is 82.8 Å². The van der Waals surface area contributed by atoms with Gasteiger partial charge < -0.3 is 0 Å². The van der Waals surface area contributed by atoms with E-state index in [1.165, 1.54) is 71.4 Å². The Morgan fingerprint density at radius 1 is 0.250 bits per heavy atom. The predicted molar refractivity (Wildman–Crippen MR) is 368 cm³/mol. The zero-order valence-corrected chi connectivity index (χ0v) is 48.7. The summed E-state index contributed by atoms with van der Waals surface area (Å²) in [6, 6.07) is 111. The second-order valence-electron chi connectivity index (χ2n) is 23.9. The molecule has 412 valence electrons. The summed E-state index contributed by atoms with van der Waals surface area (Å²) in [6.45, 7) is 4.69. The Kier molecular flexibility index (Phi) is 11.9. The van der Waals surface area contributed by atoms with E-state index in [1.807, 2.05) is 6.07 Å². The molecule has 0 radical (unpaired) electrons. The van der Waals surface area contributed by atoms with E-state index in [-0.39, 0.29) is 5.41 Å². The third-order valence-corrected chi connectivity index (χ3v) is 18.4. The topological polar surface area (TPSA) is 43.6 Å². The highest BCUT2D eigenvalue weighted by molar-refractivity contribution is 6.18. The van der Waals surface area contributed by atoms with Crippen molar-refractivity contribution in [1.82, 2.24) is 19.5 Å². The summed E-state index contributed by atoms with van der Waals surface area (Å²) in [7, 11) is 0. The molecule has 0 amide bonds. The SMILES string of the molecule is CC1(C)c2ccccc2-c2cc3c4ccccc4n(-c4nc(-c5ccccc5)nc(-c5cc(-c6cc(-c7ccccc7)cc(-c7ccccc7)c6)cc(-c6ccc(-c7cccc8ccccc78)c7c(-c8cccc9ccccc89)cccc67)c5)n4)c3cc21. The summed E-state index contributed by atoms with van der Waals surface area (Å²) in [5, 5.41) is 9.47. The quantitative estimate of drug-likeness (QED) is 0.145. The number of para-hydroxylation sites is 1. The number of nitrogens with zero attached hydrogens (tertiary/aromatic N) is 4. The molecule has 2 heterocycles. The van der Waals surface area contributed by atoms with Crippen LogP contribution in [0, 0.1) is 0 Å². The predicted octanol–water partition coefficient (Wildman–Crippen LogP) is 22.1. The molecule has 0 saturated carbocycles. The number of hydrogen-bond donors (Lipinski definition) is 0. The Morgan fingerprint density at radius 2 is 0.693 bits per heavy atom. The van der Waals surface area contributed by atoms with Crippen LogP contribution in [-0.4, -0.2) is 19.5 Å². The van der Waals surface area contributed by atoms with Gasteiger partial charge in [0.05, 0.1) is 11.0 Å². The van der Waals surface area contributed by atoms with Crippen LogP contribution in [-0.2, 0) is 5.41 Å². The van der Waals surface area contributed by atoms with Crippen LogP contribution in [0.25, 0.3) is 161 Å². The molecule has 1 aliphatic carbocycles. The van der Waals surface area contributed by atoms with E-state index in [4.69, 9.17) is 15.0 Å². The van der Waals surface area contributed by atoms with E-state index in [9.17, 15) is 0 Å². The molecule has 0 atom stereocenters. The molecule has 0 spiro atoms. The average molecular weight is 1120 g/mol. The van der Waals surface area contributed by atoms with Crippen LogP contribution in [0.15, 0.2) is 303 Å². The largest absolute Gasteiger partial charge is 0.278 e. The van der Waals surface area contributed by atoms with Crippen molar-refractivity contribution < 1.29 is 0 Å². The zero-order valence-electron chi connectivity index (χ0n) is 48.7. The molecule has 16 aromatic rings. The number of benzene rings is 14. The Hall–Kier alpha value is -11.3. The minimum Gasteiger partial charge on any atom is -0.278 e. The van der Waals surface area contributed by atoms with Crippen LogP contribution < -0.4 is 0 Å². The monoisotopic (exact) mass is 1120 g/mol. The fraction of sp³-hybridized carbons (Fsp3) is 0.0357. The van der Waals surface area contributed by atoms with Crippen molar-refractivity contribution in [3.8, 4) is 107 Å². The van der Waals surface area contributed by atoms with Crippen molar-refractivity contribution in [2.45, 2.75) is 19.3 Å². The molecule has 4 nitrogen and oxygen atoms in total. The molecule has 0 aliphatic heterocycles. The highest BCUT2D eigenvalue weighted by atomic mass is 15.2. The van der Waals surface area contributed by atoms with Gasteiger partial charge in [-0.25, -0.2) is 4.98 Å². The van der Waals surface area contributed by atoms with Crippen LogP contribution in [0.3, 0.4) is 0 Å². The van der Waals surface area contributed by atoms with Gasteiger partial charge in [0, 0.05) is 27.3 Å². The summed E-state index contributed by atoms with van der Waals surface area (Å²) in [5.41, 5.74) is 22.4. The number of rotatable bonds is 9. The van der Waals surface area contributed by atoms with Crippen LogP contribution in [0.5, 0.6) is 0 Å². The average Bonchev–Trinajstić information content (AvgIpc) is 1.55. The van der Waals surface area contributed by atoms with Crippen LogP contribution in [0.2, 0.25) is 0 Å². The Labute approximate surface area is 511 Å². The zero-order chi connectivity index (χ0) is 58.5. The van der Waals surface area contributed by atoms with Gasteiger partial charge in [0.15, 0.2) is 11.6 Å². The van der Waals surface area contributed by atoms with Gasteiger partial charge in [0.2, 0.25) is 5.95 Å². The number of fused-ring (bicyclic) bond motifs is 9. The molecule has 4 heteroatoms. The van der Waals surface area contributed by atoms with E-state index in [2.05, 4.69) is 316 Å². The summed E-state index contributed by atoms with van der Waals surface area (Å²) < 4.78 is 2.27. The standard InChI is InChI=1S/C84H56N4/c1-84(2)76-41-18-16-35-69(76)74-51-75-70-36-17-19-42-78(70)88(79(75)52-77(74)84)83-86-81(57-29-10-5-11-30-57)85-82(87-83)63-49-61(60-46-58(53-23-6-3-7-24-53)45-59(47-60)54-25-8-4-9-26-54)48-62(50-63)66-43-44-73(68-38-21-32-56-28-13-15-34-65(56)68)80-71(66)39-22-40-72(80)67-37-20-31-55-27-12-14-33-64(55)67/h3-52H,1-2H3. The maximum atomic E-state index is 5.71. The van der Waals surface area contributed by atoms with Crippen molar-refractivity contribution >= 4 is 54.1 Å². The number of aromatic nitrogens is 4. The molecule has 0 saturated heterocycles. The van der Waals surface area contributed by atoms with Crippen molar-refractivity contribution in [2.24, 2.45) is 0 Å². The van der Waals surface area contributed by atoms with Crippen LogP contribution in [0.4, 0.5) is 0 Å². The molecule has 88 heavy (non-hydrogen) atoms. The summed E-state index contributed by atoms with van der Waals surface area (Å²) in [4.78, 5) is 16.7. The molecule has 17 rings (SSSR count). The highest BCUT2D eigenvalue weighted by Crippen LogP contribution is 2.52. The normalized spacial score (nSPS) is 12.5. The lowest BCUT2D eigenvalue weighted by atomic mass is 9.82. The van der Waals surface area contributed by atoms with Crippen molar-refractivity contribution in [3.63, 3.8) is 0 Å². The van der Waals surface area contributed by atoms with Gasteiger partial charge in [-0.1, -0.05) is 263 Å². The molecule has 0 N–H and O–H groups in total. The van der Waals surface area contributed by atoms with Crippen LogP contribution >= 0.6 is 0 Å². The van der Waals surface area contributed by atoms with Crippen molar-refractivity contribution in [2.75, 3.05) is 0 Å². The molecule has 14 aromatic carbocycles. The lowest BCUT2D eigenvalue weighted by Crippen LogP contribution is -2.15. The van der Waals surface area contributed by atoms with Crippen LogP contribution in [0.1, 0.15) is 25.0 Å². The molecular formula is C84H56N4. The van der Waals surface area contributed by atoms with Crippen molar-refractivity contribution in [1.29, 1.82) is 0 Å². The highest BCUT2D eigenvalue weighted by Gasteiger charge is 2.36. The smallest absolute Gasteiger partial charge is 0.238 e. The maximum Gasteiger partial charge on any atom is 0.238 e. The van der Waals surface area contributed by atoms with E-state index in [0.29, 0.717) is 17.6 Å². The minimum absolute atomic E-state index is 0.219. The first-order chi connectivity index (χ1) is 43.4. The van der Waals surface area contributed by atoms with Gasteiger partial charge in [-0.2, -0.15) is 9.97 Å². The third-order valence-electron chi connectivity index (χ3n) is 18.4. The Bertz CT molecular complexity index is 5310. The second-order valence-corrected chi connectivity index (χ2v) is 23.9. The first-order valence-electron chi connectivity index (χ1n) is 30.3. The molecule has 0 unspecified atom stereocenters. The van der Waals surface area contributed by atoms with E-state index in [1.54, 1.807) is 0 Å². The van der Waals surface area contributed by atoms with Gasteiger partial charge >= 0.3 is 0 Å². The van der Waals surface area contributed by atoms with Gasteiger partial charge in [-0.15, -0.1) is 0 Å². The Morgan fingerprint density at radius 3 is 1.35 bits per heavy atom. The minimum atomic E-state index is -0.219. The van der Waals surface area contributed by atoms with Gasteiger partial charge in [-0.05, 0) is 176 Å². The molecular weight excluding hydrogens is 1060 g/mol. The Balaban J connectivity index is 0.958. The lowest BCUT2D eigenvalue weighted by molar-refractivity contribution is 0.661. The second kappa shape index (κ2) is 20.4. The first-order valence-corrected chi connectivity index (χ1v) is 30.3. The summed E-state index contributed by atoms with van der Waals surface area (Å²) in [5.74, 6) is 1.72. The summed E-state index contributed by atoms with van der Waals surface area (Å²) >= 11 is 0. The summed E-state index contributed by atoms with van der Waals surface area (Å²) in [6.07, 6.45) is 0. The van der Waals surface area contributed by atoms with Gasteiger partial charge in [-0.3, -0.25) is 4.57 Å². The van der Waals surface area contributed by atoms with Gasteiger partial charge in [0.25, 0.3) is 0 Å². The lowest BCUT2D eigenvalue weighted by Gasteiger charge is -2.21.